The van der Waals surface area contributed by atoms with Crippen molar-refractivity contribution in [3.8, 4) is 0 Å². The Kier molecular flexibility index (Phi) is 6.80. The normalized spacial score (nSPS) is 24.1. The molecule has 0 aromatic heterocycles. The minimum absolute atomic E-state index is 0.0273. The molecule has 3 atom stereocenters. The number of carbonyl (C=O) groups excluding carboxylic acids is 1. The van der Waals surface area contributed by atoms with Crippen molar-refractivity contribution in [2.75, 3.05) is 26.3 Å². The minimum Gasteiger partial charge on any atom is -0.481 e. The van der Waals surface area contributed by atoms with E-state index in [4.69, 9.17) is 9.84 Å². The zero-order chi connectivity index (χ0) is 14.3. The maximum absolute atomic E-state index is 12.0. The number of likely N-dealkylation sites (N-methyl/N-ethyl adjacent to an activating group) is 1. The summed E-state index contributed by atoms with van der Waals surface area (Å²) in [6.07, 6.45) is 1.37. The number of carboxylic acids is 1. The number of carboxylic acid groups (broad SMARTS) is 1. The number of rotatable bonds is 8. The number of ether oxygens (including phenoxy) is 1. The average Bonchev–Trinajstić information content (AvgIpc) is 2.82. The van der Waals surface area contributed by atoms with Gasteiger partial charge in [0.05, 0.1) is 25.0 Å². The number of amides is 1. The minimum atomic E-state index is -0.854. The van der Waals surface area contributed by atoms with E-state index in [1.54, 1.807) is 0 Å². The molecule has 1 rings (SSSR count). The SMILES string of the molecule is CCCC(CNC(=O)C1COCC1NCC)C(=O)O. The molecule has 1 aliphatic rings. The van der Waals surface area contributed by atoms with Crippen molar-refractivity contribution in [1.82, 2.24) is 10.6 Å². The topological polar surface area (TPSA) is 87.7 Å². The van der Waals surface area contributed by atoms with Gasteiger partial charge in [0, 0.05) is 12.6 Å². The number of nitrogens with one attached hydrogen (secondary N) is 2. The summed E-state index contributed by atoms with van der Waals surface area (Å²) < 4.78 is 5.31. The molecule has 0 aromatic rings. The van der Waals surface area contributed by atoms with Gasteiger partial charge in [0.25, 0.3) is 0 Å². The molecule has 1 fully saturated rings. The van der Waals surface area contributed by atoms with Crippen LogP contribution in [0.4, 0.5) is 0 Å². The third-order valence-electron chi connectivity index (χ3n) is 3.39. The smallest absolute Gasteiger partial charge is 0.308 e. The summed E-state index contributed by atoms with van der Waals surface area (Å²) in [5.74, 6) is -1.70. The molecule has 0 aliphatic carbocycles. The van der Waals surface area contributed by atoms with Gasteiger partial charge in [-0.05, 0) is 13.0 Å². The zero-order valence-corrected chi connectivity index (χ0v) is 11.6. The maximum atomic E-state index is 12.0. The van der Waals surface area contributed by atoms with Crippen molar-refractivity contribution in [1.29, 1.82) is 0 Å². The molecular formula is C13H24N2O4. The summed E-state index contributed by atoms with van der Waals surface area (Å²) in [6, 6.07) is 0.0273. The summed E-state index contributed by atoms with van der Waals surface area (Å²) in [5.41, 5.74) is 0. The molecule has 0 saturated carbocycles. The fourth-order valence-electron chi connectivity index (χ4n) is 2.29. The standard InChI is InChI=1S/C13H24N2O4/c1-3-5-9(13(17)18)6-15-12(16)10-7-19-8-11(10)14-4-2/h9-11,14H,3-8H2,1-2H3,(H,15,16)(H,17,18). The van der Waals surface area contributed by atoms with E-state index in [1.807, 2.05) is 13.8 Å². The highest BCUT2D eigenvalue weighted by molar-refractivity contribution is 5.80. The second-order valence-corrected chi connectivity index (χ2v) is 4.88. The second kappa shape index (κ2) is 8.12. The summed E-state index contributed by atoms with van der Waals surface area (Å²) in [6.45, 7) is 5.82. The molecule has 1 saturated heterocycles. The van der Waals surface area contributed by atoms with Gasteiger partial charge in [-0.25, -0.2) is 0 Å². The molecule has 3 unspecified atom stereocenters. The first-order valence-corrected chi connectivity index (χ1v) is 6.91. The molecule has 0 bridgehead atoms. The van der Waals surface area contributed by atoms with E-state index in [-0.39, 0.29) is 24.4 Å². The first kappa shape index (κ1) is 15.9. The third-order valence-corrected chi connectivity index (χ3v) is 3.39. The number of carbonyl (C=O) groups is 2. The molecule has 0 spiro atoms. The first-order chi connectivity index (χ1) is 9.10. The fourth-order valence-corrected chi connectivity index (χ4v) is 2.29. The lowest BCUT2D eigenvalue weighted by atomic mass is 10.0. The highest BCUT2D eigenvalue weighted by Gasteiger charge is 2.33. The van der Waals surface area contributed by atoms with Gasteiger partial charge in [0.2, 0.25) is 5.91 Å². The van der Waals surface area contributed by atoms with E-state index in [0.29, 0.717) is 19.6 Å². The van der Waals surface area contributed by atoms with Crippen molar-refractivity contribution in [3.63, 3.8) is 0 Å². The van der Waals surface area contributed by atoms with Crippen LogP contribution in [-0.4, -0.2) is 49.3 Å². The van der Waals surface area contributed by atoms with Gasteiger partial charge in [-0.3, -0.25) is 9.59 Å². The van der Waals surface area contributed by atoms with Crippen molar-refractivity contribution in [3.05, 3.63) is 0 Å². The summed E-state index contributed by atoms with van der Waals surface area (Å²) in [5, 5.41) is 15.0. The Balaban J connectivity index is 2.43. The van der Waals surface area contributed by atoms with Gasteiger partial charge in [-0.1, -0.05) is 20.3 Å². The highest BCUT2D eigenvalue weighted by atomic mass is 16.5. The van der Waals surface area contributed by atoms with E-state index >= 15 is 0 Å². The molecule has 6 heteroatoms. The monoisotopic (exact) mass is 272 g/mol. The van der Waals surface area contributed by atoms with Crippen molar-refractivity contribution in [2.45, 2.75) is 32.7 Å². The molecular weight excluding hydrogens is 248 g/mol. The Hall–Kier alpha value is -1.14. The third kappa shape index (κ3) is 4.80. The molecule has 110 valence electrons. The number of aliphatic carboxylic acids is 1. The van der Waals surface area contributed by atoms with Crippen LogP contribution < -0.4 is 10.6 Å². The molecule has 0 radical (unpaired) electrons. The van der Waals surface area contributed by atoms with Gasteiger partial charge in [0.15, 0.2) is 0 Å². The van der Waals surface area contributed by atoms with Gasteiger partial charge >= 0.3 is 5.97 Å². The van der Waals surface area contributed by atoms with E-state index < -0.39 is 11.9 Å². The van der Waals surface area contributed by atoms with Gasteiger partial charge in [-0.15, -0.1) is 0 Å². The van der Waals surface area contributed by atoms with Crippen LogP contribution in [0.25, 0.3) is 0 Å². The Morgan fingerprint density at radius 3 is 2.68 bits per heavy atom. The predicted octanol–water partition coefficient (Wildman–Crippen LogP) is 0.228. The molecule has 0 aromatic carbocycles. The Morgan fingerprint density at radius 1 is 1.37 bits per heavy atom. The number of hydrogen-bond donors (Lipinski definition) is 3. The predicted molar refractivity (Wildman–Crippen MR) is 70.8 cm³/mol. The molecule has 1 amide bonds. The Bertz CT molecular complexity index is 309. The van der Waals surface area contributed by atoms with Crippen LogP contribution in [0.5, 0.6) is 0 Å². The van der Waals surface area contributed by atoms with Crippen LogP contribution in [0.1, 0.15) is 26.7 Å². The van der Waals surface area contributed by atoms with Crippen LogP contribution in [0.3, 0.4) is 0 Å². The Labute approximate surface area is 113 Å². The summed E-state index contributed by atoms with van der Waals surface area (Å²) in [7, 11) is 0. The van der Waals surface area contributed by atoms with E-state index in [1.165, 1.54) is 0 Å². The maximum Gasteiger partial charge on any atom is 0.308 e. The average molecular weight is 272 g/mol. The first-order valence-electron chi connectivity index (χ1n) is 6.91. The fraction of sp³-hybridized carbons (Fsp3) is 0.846. The van der Waals surface area contributed by atoms with E-state index in [0.717, 1.165) is 13.0 Å². The molecule has 3 N–H and O–H groups in total. The highest BCUT2D eigenvalue weighted by Crippen LogP contribution is 2.14. The van der Waals surface area contributed by atoms with E-state index in [2.05, 4.69) is 10.6 Å². The lowest BCUT2D eigenvalue weighted by molar-refractivity contribution is -0.142. The van der Waals surface area contributed by atoms with Gasteiger partial charge in [0.1, 0.15) is 0 Å². The summed E-state index contributed by atoms with van der Waals surface area (Å²) >= 11 is 0. The van der Waals surface area contributed by atoms with E-state index in [9.17, 15) is 9.59 Å². The van der Waals surface area contributed by atoms with Crippen LogP contribution in [0.15, 0.2) is 0 Å². The summed E-state index contributed by atoms with van der Waals surface area (Å²) in [4.78, 5) is 23.0. The van der Waals surface area contributed by atoms with Crippen LogP contribution >= 0.6 is 0 Å². The molecule has 6 nitrogen and oxygen atoms in total. The quantitative estimate of drug-likeness (QED) is 0.588. The lowest BCUT2D eigenvalue weighted by Gasteiger charge is -2.19. The van der Waals surface area contributed by atoms with Crippen molar-refractivity contribution >= 4 is 11.9 Å². The van der Waals surface area contributed by atoms with Crippen molar-refractivity contribution < 1.29 is 19.4 Å². The van der Waals surface area contributed by atoms with Gasteiger partial charge < -0.3 is 20.5 Å². The van der Waals surface area contributed by atoms with Crippen LogP contribution in [0, 0.1) is 11.8 Å². The lowest BCUT2D eigenvalue weighted by Crippen LogP contribution is -2.45. The molecule has 19 heavy (non-hydrogen) atoms. The largest absolute Gasteiger partial charge is 0.481 e. The van der Waals surface area contributed by atoms with Gasteiger partial charge in [-0.2, -0.15) is 0 Å². The van der Waals surface area contributed by atoms with Crippen LogP contribution in [-0.2, 0) is 14.3 Å². The van der Waals surface area contributed by atoms with Crippen molar-refractivity contribution in [2.24, 2.45) is 11.8 Å². The molecule has 1 aliphatic heterocycles. The number of hydrogen-bond acceptors (Lipinski definition) is 4. The zero-order valence-electron chi connectivity index (χ0n) is 11.6. The van der Waals surface area contributed by atoms with Crippen LogP contribution in [0.2, 0.25) is 0 Å². The second-order valence-electron chi connectivity index (χ2n) is 4.88. The Morgan fingerprint density at radius 2 is 2.11 bits per heavy atom. The molecule has 1 heterocycles.